The zero-order valence-electron chi connectivity index (χ0n) is 20.6. The van der Waals surface area contributed by atoms with Crippen LogP contribution in [0.2, 0.25) is 18.1 Å². The first-order valence-electron chi connectivity index (χ1n) is 10.6. The van der Waals surface area contributed by atoms with Crippen LogP contribution in [0.1, 0.15) is 69.9 Å². The van der Waals surface area contributed by atoms with Crippen LogP contribution >= 0.6 is 15.9 Å². The average molecular weight is 493 g/mol. The molecule has 0 spiro atoms. The van der Waals surface area contributed by atoms with E-state index >= 15 is 0 Å². The van der Waals surface area contributed by atoms with E-state index in [0.29, 0.717) is 18.7 Å². The van der Waals surface area contributed by atoms with Gasteiger partial charge in [0.15, 0.2) is 8.32 Å². The lowest BCUT2D eigenvalue weighted by atomic mass is 9.58. The van der Waals surface area contributed by atoms with Crippen molar-refractivity contribution in [3.05, 3.63) is 22.7 Å². The number of nitrogens with zero attached hydrogens (tertiary/aromatic N) is 2. The largest absolute Gasteiger partial charge is 0.416 e. The van der Waals surface area contributed by atoms with Crippen LogP contribution in [0.4, 0.5) is 0 Å². The first kappa shape index (κ1) is 21.1. The Morgan fingerprint density at radius 1 is 1.25 bits per heavy atom. The van der Waals surface area contributed by atoms with Gasteiger partial charge < -0.3 is 4.43 Å². The fourth-order valence-electron chi connectivity index (χ4n) is 2.92. The summed E-state index contributed by atoms with van der Waals surface area (Å²) in [5.41, 5.74) is -1.52. The quantitative estimate of drug-likeness (QED) is 0.547. The van der Waals surface area contributed by atoms with Crippen LogP contribution < -0.4 is 4.72 Å². The summed E-state index contributed by atoms with van der Waals surface area (Å²) in [6.07, 6.45) is 4.13. The van der Waals surface area contributed by atoms with Gasteiger partial charge in [-0.15, -0.1) is 0 Å². The van der Waals surface area contributed by atoms with E-state index in [0.717, 1.165) is 4.47 Å². The Labute approximate surface area is 185 Å². The van der Waals surface area contributed by atoms with Gasteiger partial charge in [-0.1, -0.05) is 27.7 Å². The number of hydrogen-bond acceptors (Lipinski definition) is 4. The normalized spacial score (nSPS) is 28.9. The molecule has 160 valence electrons. The molecule has 1 aliphatic carbocycles. The molecule has 2 rings (SSSR count). The minimum Gasteiger partial charge on any atom is -0.416 e. The second-order valence-corrected chi connectivity index (χ2v) is 18.3. The standard InChI is InChI=1S/C20H36BrN3O2SSi/c1-17(2,3)27(25)24-20(16-22-10-15(21)11-23-16)12-19(7,13-20)14-26-28(8,9)18(4,5)6/h10-11,24H,12-14H2,1-9H3/t19?,20?,27-/m1/s1/i14D2. The van der Waals surface area contributed by atoms with Crippen molar-refractivity contribution in [3.63, 3.8) is 0 Å². The molecule has 0 amide bonds. The third-order valence-electron chi connectivity index (χ3n) is 5.64. The fourth-order valence-corrected chi connectivity index (χ4v) is 4.83. The summed E-state index contributed by atoms with van der Waals surface area (Å²) in [6.45, 7) is 16.2. The van der Waals surface area contributed by atoms with Crippen molar-refractivity contribution in [2.45, 2.75) is 89.7 Å². The summed E-state index contributed by atoms with van der Waals surface area (Å²) in [7, 11) is -3.67. The SMILES string of the molecule is [2H]C([2H])(O[Si](C)(C)C(C)(C)C)C1(C)CC(N[S@](=O)C(C)(C)C)(c2ncc(Br)cn2)C1. The Morgan fingerprint density at radius 2 is 1.75 bits per heavy atom. The van der Waals surface area contributed by atoms with Crippen molar-refractivity contribution >= 4 is 35.2 Å². The van der Waals surface area contributed by atoms with Gasteiger partial charge in [0.2, 0.25) is 0 Å². The summed E-state index contributed by atoms with van der Waals surface area (Å²) in [6, 6.07) is 0. The summed E-state index contributed by atoms with van der Waals surface area (Å²) >= 11 is 3.36. The molecule has 1 atom stereocenters. The van der Waals surface area contributed by atoms with Gasteiger partial charge in [0.05, 0.1) is 28.5 Å². The van der Waals surface area contributed by atoms with Crippen molar-refractivity contribution < 1.29 is 11.4 Å². The van der Waals surface area contributed by atoms with Gasteiger partial charge in [0.1, 0.15) is 5.82 Å². The summed E-state index contributed by atoms with van der Waals surface area (Å²) in [4.78, 5) is 8.92. The molecule has 0 aromatic carbocycles. The molecule has 0 unspecified atom stereocenters. The number of rotatable bonds is 6. The van der Waals surface area contributed by atoms with E-state index in [1.165, 1.54) is 0 Å². The molecule has 1 aromatic heterocycles. The predicted molar refractivity (Wildman–Crippen MR) is 123 cm³/mol. The highest BCUT2D eigenvalue weighted by atomic mass is 79.9. The van der Waals surface area contributed by atoms with Crippen molar-refractivity contribution in [1.29, 1.82) is 0 Å². The molecule has 1 saturated carbocycles. The maximum Gasteiger partial charge on any atom is 0.192 e. The average Bonchev–Trinajstić information content (AvgIpc) is 2.50. The zero-order valence-corrected chi connectivity index (χ0v) is 22.0. The Kier molecular flexibility index (Phi) is 5.90. The van der Waals surface area contributed by atoms with E-state index in [2.05, 4.69) is 64.5 Å². The van der Waals surface area contributed by atoms with E-state index in [4.69, 9.17) is 7.17 Å². The number of halogens is 1. The molecule has 1 heterocycles. The second kappa shape index (κ2) is 7.83. The van der Waals surface area contributed by atoms with Gasteiger partial charge in [-0.3, -0.25) is 0 Å². The monoisotopic (exact) mass is 491 g/mol. The molecule has 8 heteroatoms. The third-order valence-corrected chi connectivity index (χ3v) is 12.0. The van der Waals surface area contributed by atoms with Crippen LogP contribution in [0.25, 0.3) is 0 Å². The smallest absolute Gasteiger partial charge is 0.192 e. The van der Waals surface area contributed by atoms with Crippen LogP contribution in [-0.2, 0) is 21.0 Å². The molecule has 0 bridgehead atoms. The van der Waals surface area contributed by atoms with Crippen molar-refractivity contribution in [2.24, 2.45) is 5.41 Å². The predicted octanol–water partition coefficient (Wildman–Crippen LogP) is 5.31. The fraction of sp³-hybridized carbons (Fsp3) is 0.800. The Balaban J connectivity index is 2.36. The molecule has 1 aromatic rings. The minimum absolute atomic E-state index is 0.0989. The van der Waals surface area contributed by atoms with Crippen LogP contribution in [0.3, 0.4) is 0 Å². The Bertz CT molecular complexity index is 802. The highest BCUT2D eigenvalue weighted by Gasteiger charge is 2.57. The van der Waals surface area contributed by atoms with Crippen molar-refractivity contribution in [2.75, 3.05) is 6.56 Å². The number of hydrogen-bond donors (Lipinski definition) is 1. The van der Waals surface area contributed by atoms with E-state index in [9.17, 15) is 4.21 Å². The van der Waals surface area contributed by atoms with E-state index in [1.54, 1.807) is 12.4 Å². The van der Waals surface area contributed by atoms with Crippen LogP contribution in [0.5, 0.6) is 0 Å². The highest BCUT2D eigenvalue weighted by molar-refractivity contribution is 9.10. The lowest BCUT2D eigenvalue weighted by molar-refractivity contribution is -0.0192. The molecule has 0 aliphatic heterocycles. The highest BCUT2D eigenvalue weighted by Crippen LogP contribution is 2.54. The number of nitrogens with one attached hydrogen (secondary N) is 1. The molecule has 0 radical (unpaired) electrons. The van der Waals surface area contributed by atoms with Gasteiger partial charge in [-0.05, 0) is 73.1 Å². The zero-order chi connectivity index (χ0) is 23.4. The maximum atomic E-state index is 13.0. The Hall–Kier alpha value is -0.153. The minimum atomic E-state index is -2.32. The van der Waals surface area contributed by atoms with E-state index in [-0.39, 0.29) is 5.04 Å². The molecule has 28 heavy (non-hydrogen) atoms. The van der Waals surface area contributed by atoms with Gasteiger partial charge in [-0.2, -0.15) is 0 Å². The van der Waals surface area contributed by atoms with E-state index < -0.39 is 41.6 Å². The molecule has 1 N–H and O–H groups in total. The molecule has 0 saturated heterocycles. The molecular weight excluding hydrogens is 454 g/mol. The van der Waals surface area contributed by atoms with Gasteiger partial charge in [-0.25, -0.2) is 18.9 Å². The van der Waals surface area contributed by atoms with Crippen molar-refractivity contribution in [3.8, 4) is 0 Å². The molecule has 5 nitrogen and oxygen atoms in total. The topological polar surface area (TPSA) is 64.1 Å². The third kappa shape index (κ3) is 5.30. The van der Waals surface area contributed by atoms with Crippen LogP contribution in [0.15, 0.2) is 16.9 Å². The summed E-state index contributed by atoms with van der Waals surface area (Å²) in [5, 5.41) is -0.0989. The Morgan fingerprint density at radius 3 is 2.18 bits per heavy atom. The van der Waals surface area contributed by atoms with Gasteiger partial charge >= 0.3 is 0 Å². The first-order chi connectivity index (χ1) is 13.2. The lowest BCUT2D eigenvalue weighted by Crippen LogP contribution is -2.62. The summed E-state index contributed by atoms with van der Waals surface area (Å²) < 4.78 is 40.4. The van der Waals surface area contributed by atoms with Gasteiger partial charge in [0.25, 0.3) is 0 Å². The first-order valence-corrected chi connectivity index (χ1v) is 14.5. The van der Waals surface area contributed by atoms with E-state index in [1.807, 2.05) is 27.7 Å². The van der Waals surface area contributed by atoms with Crippen LogP contribution in [0, 0.1) is 5.41 Å². The lowest BCUT2D eigenvalue weighted by Gasteiger charge is -2.55. The van der Waals surface area contributed by atoms with Crippen LogP contribution in [-0.4, -0.2) is 33.8 Å². The molecule has 1 fully saturated rings. The van der Waals surface area contributed by atoms with Gasteiger partial charge in [0, 0.05) is 19.0 Å². The molecule has 1 aliphatic rings. The number of aromatic nitrogens is 2. The maximum absolute atomic E-state index is 13.0. The summed E-state index contributed by atoms with van der Waals surface area (Å²) in [5.74, 6) is 0.531. The second-order valence-electron chi connectivity index (χ2n) is 10.7. The molecular formula is C20H36BrN3O2SSi. The van der Waals surface area contributed by atoms with Crippen molar-refractivity contribution in [1.82, 2.24) is 14.7 Å².